The van der Waals surface area contributed by atoms with Crippen LogP contribution < -0.4 is 27.1 Å². The molecule has 7 nitrogen and oxygen atoms in total. The third-order valence-electron chi connectivity index (χ3n) is 4.54. The number of hydrazine groups is 1. The first-order valence-electron chi connectivity index (χ1n) is 7.47. The van der Waals surface area contributed by atoms with Crippen molar-refractivity contribution in [3.63, 3.8) is 0 Å². The number of carbonyl (C=O) groups excluding carboxylic acids is 1. The quantitative estimate of drug-likeness (QED) is 0.441. The monoisotopic (exact) mass is 314 g/mol. The molecular weight excluding hydrogens is 292 g/mol. The number of piperidine rings is 1. The number of hydrogen-bond donors (Lipinski definition) is 5. The van der Waals surface area contributed by atoms with Crippen LogP contribution >= 0.6 is 11.6 Å². The molecule has 5 atom stereocenters. The number of rotatable bonds is 2. The van der Waals surface area contributed by atoms with Gasteiger partial charge in [0.2, 0.25) is 5.91 Å². The first-order chi connectivity index (χ1) is 10.1. The molecule has 3 rings (SSSR count). The molecule has 0 spiro atoms. The number of amides is 1. The second-order valence-electron chi connectivity index (χ2n) is 6.07. The lowest BCUT2D eigenvalue weighted by Crippen LogP contribution is -2.57. The fourth-order valence-electron chi connectivity index (χ4n) is 3.21. The molecule has 0 radical (unpaired) electrons. The molecule has 0 saturated carbocycles. The molecule has 2 saturated heterocycles. The van der Waals surface area contributed by atoms with Gasteiger partial charge in [0.1, 0.15) is 12.1 Å². The van der Waals surface area contributed by atoms with Crippen molar-refractivity contribution in [2.45, 2.75) is 31.7 Å². The molecule has 3 aliphatic rings. The van der Waals surface area contributed by atoms with E-state index in [1.54, 1.807) is 11.2 Å². The van der Waals surface area contributed by atoms with Crippen molar-refractivity contribution in [2.75, 3.05) is 19.6 Å². The maximum atomic E-state index is 12.6. The Hall–Kier alpha value is -0.860. The lowest BCUT2D eigenvalue weighted by molar-refractivity contribution is -0.127. The van der Waals surface area contributed by atoms with E-state index in [-0.39, 0.29) is 24.0 Å². The summed E-state index contributed by atoms with van der Waals surface area (Å²) in [6, 6.07) is 0.162. The summed E-state index contributed by atoms with van der Waals surface area (Å²) >= 11 is 6.00. The highest BCUT2D eigenvalue weighted by Crippen LogP contribution is 2.24. The van der Waals surface area contributed by atoms with Crippen LogP contribution in [0.15, 0.2) is 11.2 Å². The van der Waals surface area contributed by atoms with Gasteiger partial charge in [-0.2, -0.15) is 0 Å². The van der Waals surface area contributed by atoms with Gasteiger partial charge in [-0.15, -0.1) is 0 Å². The van der Waals surface area contributed by atoms with E-state index in [0.29, 0.717) is 17.5 Å². The Balaban J connectivity index is 1.66. The lowest BCUT2D eigenvalue weighted by atomic mass is 9.93. The predicted octanol–water partition coefficient (Wildman–Crippen LogP) is -1.17. The summed E-state index contributed by atoms with van der Waals surface area (Å²) in [6.45, 7) is 4.56. The van der Waals surface area contributed by atoms with Gasteiger partial charge in [0.15, 0.2) is 0 Å². The van der Waals surface area contributed by atoms with Crippen molar-refractivity contribution in [1.29, 1.82) is 0 Å². The van der Waals surface area contributed by atoms with Crippen LogP contribution in [0.1, 0.15) is 13.3 Å². The molecule has 118 valence electrons. The molecule has 1 amide bonds. The summed E-state index contributed by atoms with van der Waals surface area (Å²) in [4.78, 5) is 12.6. The number of halogens is 1. The number of nitrogens with one attached hydrogen (secondary N) is 4. The van der Waals surface area contributed by atoms with Crippen LogP contribution in [-0.4, -0.2) is 48.9 Å². The zero-order chi connectivity index (χ0) is 15.0. The molecule has 6 N–H and O–H groups in total. The Morgan fingerprint density at radius 2 is 2.38 bits per heavy atom. The number of fused-ring (bicyclic) bond motifs is 1. The average molecular weight is 315 g/mol. The SMILES string of the molecule is CC1CCNCC1NC(=O)C1C(N)NN2C=C(Cl)CNC12. The molecule has 2 fully saturated rings. The molecule has 3 heterocycles. The van der Waals surface area contributed by atoms with Crippen molar-refractivity contribution in [2.24, 2.45) is 17.6 Å². The Labute approximate surface area is 129 Å². The zero-order valence-corrected chi connectivity index (χ0v) is 12.9. The number of nitrogens with two attached hydrogens (primary N) is 1. The van der Waals surface area contributed by atoms with Crippen molar-refractivity contribution in [1.82, 2.24) is 26.4 Å². The average Bonchev–Trinajstić information content (AvgIpc) is 2.76. The van der Waals surface area contributed by atoms with Gasteiger partial charge in [0, 0.05) is 30.4 Å². The van der Waals surface area contributed by atoms with Gasteiger partial charge in [-0.3, -0.25) is 15.1 Å². The van der Waals surface area contributed by atoms with E-state index in [4.69, 9.17) is 17.3 Å². The predicted molar refractivity (Wildman–Crippen MR) is 80.7 cm³/mol. The molecule has 0 bridgehead atoms. The second-order valence-corrected chi connectivity index (χ2v) is 6.56. The van der Waals surface area contributed by atoms with Crippen molar-refractivity contribution in [3.05, 3.63) is 11.2 Å². The summed E-state index contributed by atoms with van der Waals surface area (Å²) in [5.74, 6) is 0.118. The van der Waals surface area contributed by atoms with Gasteiger partial charge in [0.05, 0.1) is 6.17 Å². The topological polar surface area (TPSA) is 94.4 Å². The summed E-state index contributed by atoms with van der Waals surface area (Å²) in [5.41, 5.74) is 9.16. The highest BCUT2D eigenvalue weighted by atomic mass is 35.5. The second kappa shape index (κ2) is 6.10. The maximum Gasteiger partial charge on any atom is 0.229 e. The van der Waals surface area contributed by atoms with Crippen LogP contribution in [0.2, 0.25) is 0 Å². The van der Waals surface area contributed by atoms with Crippen molar-refractivity contribution < 1.29 is 4.79 Å². The van der Waals surface area contributed by atoms with Crippen LogP contribution in [0.4, 0.5) is 0 Å². The Bertz CT molecular complexity index is 444. The first kappa shape index (κ1) is 15.1. The fraction of sp³-hybridized carbons (Fsp3) is 0.769. The Kier molecular flexibility index (Phi) is 4.37. The number of carbonyl (C=O) groups is 1. The third kappa shape index (κ3) is 3.02. The smallest absolute Gasteiger partial charge is 0.229 e. The largest absolute Gasteiger partial charge is 0.351 e. The molecule has 8 heteroatoms. The minimum atomic E-state index is -0.423. The third-order valence-corrected chi connectivity index (χ3v) is 4.77. The number of hydrogen-bond acceptors (Lipinski definition) is 6. The minimum absolute atomic E-state index is 0.0121. The van der Waals surface area contributed by atoms with Gasteiger partial charge >= 0.3 is 0 Å². The highest BCUT2D eigenvalue weighted by molar-refractivity contribution is 6.29. The lowest BCUT2D eigenvalue weighted by Gasteiger charge is -2.33. The molecule has 0 aromatic rings. The summed E-state index contributed by atoms with van der Waals surface area (Å²) in [5, 5.41) is 12.2. The van der Waals surface area contributed by atoms with E-state index in [1.165, 1.54) is 0 Å². The van der Waals surface area contributed by atoms with Gasteiger partial charge in [-0.1, -0.05) is 18.5 Å². The Morgan fingerprint density at radius 3 is 3.14 bits per heavy atom. The molecule has 3 aliphatic heterocycles. The standard InChI is InChI=1S/C13H23ClN6O/c1-7-2-3-16-5-9(7)18-13(21)10-11(15)19-20-6-8(14)4-17-12(10)20/h6-7,9-12,16-17,19H,2-5,15H2,1H3,(H,18,21). The van der Waals surface area contributed by atoms with Gasteiger partial charge in [-0.05, 0) is 18.9 Å². The Morgan fingerprint density at radius 1 is 1.57 bits per heavy atom. The minimum Gasteiger partial charge on any atom is -0.351 e. The van der Waals surface area contributed by atoms with E-state index in [0.717, 1.165) is 19.5 Å². The van der Waals surface area contributed by atoms with Crippen LogP contribution in [-0.2, 0) is 4.79 Å². The van der Waals surface area contributed by atoms with E-state index in [2.05, 4.69) is 28.3 Å². The molecule has 0 aromatic carbocycles. The van der Waals surface area contributed by atoms with Crippen molar-refractivity contribution >= 4 is 17.5 Å². The molecule has 0 aromatic heterocycles. The summed E-state index contributed by atoms with van der Waals surface area (Å²) in [6.07, 6.45) is 2.29. The molecule has 0 aliphatic carbocycles. The van der Waals surface area contributed by atoms with Crippen molar-refractivity contribution in [3.8, 4) is 0 Å². The van der Waals surface area contributed by atoms with Gasteiger partial charge < -0.3 is 16.4 Å². The molecular formula is C13H23ClN6O. The van der Waals surface area contributed by atoms with Crippen LogP contribution in [0.3, 0.4) is 0 Å². The van der Waals surface area contributed by atoms with Crippen LogP contribution in [0, 0.1) is 11.8 Å². The molecule has 5 unspecified atom stereocenters. The zero-order valence-electron chi connectivity index (χ0n) is 12.1. The van der Waals surface area contributed by atoms with E-state index in [1.807, 2.05) is 0 Å². The fourth-order valence-corrected chi connectivity index (χ4v) is 3.39. The normalized spacial score (nSPS) is 39.7. The van der Waals surface area contributed by atoms with E-state index in [9.17, 15) is 4.79 Å². The summed E-state index contributed by atoms with van der Waals surface area (Å²) < 4.78 is 0. The highest BCUT2D eigenvalue weighted by Gasteiger charge is 2.45. The van der Waals surface area contributed by atoms with Crippen LogP contribution in [0.25, 0.3) is 0 Å². The van der Waals surface area contributed by atoms with E-state index >= 15 is 0 Å². The maximum absolute atomic E-state index is 12.6. The van der Waals surface area contributed by atoms with Gasteiger partial charge in [0.25, 0.3) is 0 Å². The van der Waals surface area contributed by atoms with Gasteiger partial charge in [-0.25, -0.2) is 5.43 Å². The summed E-state index contributed by atoms with van der Waals surface area (Å²) in [7, 11) is 0. The first-order valence-corrected chi connectivity index (χ1v) is 7.85. The van der Waals surface area contributed by atoms with E-state index < -0.39 is 6.17 Å². The van der Waals surface area contributed by atoms with Crippen LogP contribution in [0.5, 0.6) is 0 Å². The number of nitrogens with zero attached hydrogens (tertiary/aromatic N) is 1. The molecule has 21 heavy (non-hydrogen) atoms.